The van der Waals surface area contributed by atoms with E-state index in [0.29, 0.717) is 15.6 Å². The number of benzene rings is 1. The molecule has 0 bridgehead atoms. The molecule has 1 aromatic carbocycles. The second-order valence-electron chi connectivity index (χ2n) is 4.45. The Labute approximate surface area is 114 Å². The van der Waals surface area contributed by atoms with Crippen molar-refractivity contribution in [2.75, 3.05) is 0 Å². The summed E-state index contributed by atoms with van der Waals surface area (Å²) in [6.45, 7) is 0. The quantitative estimate of drug-likeness (QED) is 0.860. The number of hydrogen-bond acceptors (Lipinski definition) is 3. The van der Waals surface area contributed by atoms with Gasteiger partial charge >= 0.3 is 0 Å². The third-order valence-electron chi connectivity index (χ3n) is 3.16. The van der Waals surface area contributed by atoms with Crippen LogP contribution in [-0.2, 0) is 6.42 Å². The highest BCUT2D eigenvalue weighted by Gasteiger charge is 2.23. The molecule has 1 aliphatic carbocycles. The van der Waals surface area contributed by atoms with Gasteiger partial charge in [-0.3, -0.25) is 0 Å². The van der Waals surface area contributed by atoms with Gasteiger partial charge in [-0.05, 0) is 37.5 Å². The van der Waals surface area contributed by atoms with Crippen LogP contribution in [0.4, 0.5) is 4.39 Å². The van der Waals surface area contributed by atoms with Crippen molar-refractivity contribution in [3.8, 4) is 10.6 Å². The fourth-order valence-corrected chi connectivity index (χ4v) is 3.59. The van der Waals surface area contributed by atoms with Gasteiger partial charge in [-0.1, -0.05) is 11.6 Å². The van der Waals surface area contributed by atoms with Crippen LogP contribution in [0.1, 0.15) is 29.5 Å². The van der Waals surface area contributed by atoms with Crippen LogP contribution in [0.15, 0.2) is 18.2 Å². The van der Waals surface area contributed by atoms with Crippen molar-refractivity contribution in [2.45, 2.75) is 25.3 Å². The first-order valence-corrected chi connectivity index (χ1v) is 7.05. The van der Waals surface area contributed by atoms with Crippen molar-refractivity contribution < 1.29 is 4.39 Å². The van der Waals surface area contributed by atoms with Gasteiger partial charge in [-0.2, -0.15) is 0 Å². The summed E-state index contributed by atoms with van der Waals surface area (Å²) in [6, 6.07) is 4.52. The van der Waals surface area contributed by atoms with Crippen molar-refractivity contribution in [1.82, 2.24) is 4.98 Å². The molecule has 0 aliphatic heterocycles. The number of hydrogen-bond donors (Lipinski definition) is 1. The van der Waals surface area contributed by atoms with Crippen molar-refractivity contribution in [3.05, 3.63) is 39.6 Å². The molecule has 1 aromatic heterocycles. The van der Waals surface area contributed by atoms with E-state index in [1.165, 1.54) is 22.3 Å². The molecule has 2 N–H and O–H groups in total. The number of halogens is 2. The molecule has 1 aliphatic rings. The van der Waals surface area contributed by atoms with E-state index in [9.17, 15) is 4.39 Å². The molecule has 0 saturated heterocycles. The number of nitrogens with two attached hydrogens (primary N) is 1. The van der Waals surface area contributed by atoms with Crippen LogP contribution in [0.5, 0.6) is 0 Å². The summed E-state index contributed by atoms with van der Waals surface area (Å²) in [5.41, 5.74) is 7.43. The van der Waals surface area contributed by atoms with E-state index in [4.69, 9.17) is 17.3 Å². The summed E-state index contributed by atoms with van der Waals surface area (Å²) in [6.07, 6.45) is 3.02. The van der Waals surface area contributed by atoms with E-state index in [1.807, 2.05) is 0 Å². The lowest BCUT2D eigenvalue weighted by Gasteiger charge is -2.15. The first-order chi connectivity index (χ1) is 8.65. The van der Waals surface area contributed by atoms with E-state index in [1.54, 1.807) is 12.1 Å². The average Bonchev–Trinajstić information content (AvgIpc) is 2.77. The third-order valence-corrected chi connectivity index (χ3v) is 4.56. The van der Waals surface area contributed by atoms with Gasteiger partial charge in [0.25, 0.3) is 0 Å². The number of thiazole rings is 1. The summed E-state index contributed by atoms with van der Waals surface area (Å²) in [7, 11) is 0. The third kappa shape index (κ3) is 2.05. The van der Waals surface area contributed by atoms with Crippen molar-refractivity contribution in [1.29, 1.82) is 0 Å². The summed E-state index contributed by atoms with van der Waals surface area (Å²) in [4.78, 5) is 5.68. The number of fused-ring (bicyclic) bond motifs is 1. The van der Waals surface area contributed by atoms with Crippen LogP contribution in [0.25, 0.3) is 10.6 Å². The molecule has 0 spiro atoms. The second kappa shape index (κ2) is 4.61. The van der Waals surface area contributed by atoms with E-state index in [0.717, 1.165) is 25.0 Å². The largest absolute Gasteiger partial charge is 0.323 e. The molecule has 2 aromatic rings. The van der Waals surface area contributed by atoms with Gasteiger partial charge in [-0.15, -0.1) is 11.3 Å². The Morgan fingerprint density at radius 1 is 1.44 bits per heavy atom. The van der Waals surface area contributed by atoms with Gasteiger partial charge in [0.05, 0.1) is 5.69 Å². The van der Waals surface area contributed by atoms with Crippen LogP contribution < -0.4 is 5.73 Å². The number of rotatable bonds is 1. The predicted molar refractivity (Wildman–Crippen MR) is 72.4 cm³/mol. The number of nitrogens with zero attached hydrogens (tertiary/aromatic N) is 1. The minimum absolute atomic E-state index is 0.0130. The smallest absolute Gasteiger partial charge is 0.133 e. The highest BCUT2D eigenvalue weighted by molar-refractivity contribution is 7.15. The zero-order valence-electron chi connectivity index (χ0n) is 9.62. The molecule has 1 unspecified atom stereocenters. The van der Waals surface area contributed by atoms with Crippen LogP contribution in [-0.4, -0.2) is 4.98 Å². The lowest BCUT2D eigenvalue weighted by Crippen LogP contribution is -2.16. The lowest BCUT2D eigenvalue weighted by molar-refractivity contribution is 0.564. The molecular weight excluding hydrogens is 271 g/mol. The molecular formula is C13H12ClFN2S. The molecule has 0 saturated carbocycles. The predicted octanol–water partition coefficient (Wildman–Crippen LogP) is 3.94. The Balaban J connectivity index is 2.10. The fraction of sp³-hybridized carbons (Fsp3) is 0.308. The van der Waals surface area contributed by atoms with Gasteiger partial charge in [0.15, 0.2) is 0 Å². The molecule has 0 fully saturated rings. The molecule has 2 nitrogen and oxygen atoms in total. The number of aryl methyl sites for hydroxylation is 1. The summed E-state index contributed by atoms with van der Waals surface area (Å²) >= 11 is 7.43. The van der Waals surface area contributed by atoms with Gasteiger partial charge in [0.2, 0.25) is 0 Å². The maximum absolute atomic E-state index is 13.8. The van der Waals surface area contributed by atoms with E-state index >= 15 is 0 Å². The summed E-state index contributed by atoms with van der Waals surface area (Å²) in [5, 5.41) is 1.20. The fourth-order valence-electron chi connectivity index (χ4n) is 2.23. The van der Waals surface area contributed by atoms with Crippen molar-refractivity contribution in [3.63, 3.8) is 0 Å². The zero-order valence-corrected chi connectivity index (χ0v) is 11.2. The Morgan fingerprint density at radius 2 is 2.28 bits per heavy atom. The highest BCUT2D eigenvalue weighted by Crippen LogP contribution is 2.37. The summed E-state index contributed by atoms with van der Waals surface area (Å²) in [5.74, 6) is -0.293. The second-order valence-corrected chi connectivity index (χ2v) is 5.97. The van der Waals surface area contributed by atoms with Gasteiger partial charge in [0.1, 0.15) is 10.8 Å². The maximum atomic E-state index is 13.8. The molecule has 94 valence electrons. The standard InChI is InChI=1S/C13H12ClFN2S/c14-7-4-5-9(15)8(6-7)13-17-12-10(16)2-1-3-11(12)18-13/h4-6,10H,1-3,16H2. The Morgan fingerprint density at radius 3 is 3.06 bits per heavy atom. The Bertz CT molecular complexity index is 597. The molecule has 0 radical (unpaired) electrons. The monoisotopic (exact) mass is 282 g/mol. The molecule has 18 heavy (non-hydrogen) atoms. The number of aromatic nitrogens is 1. The first-order valence-electron chi connectivity index (χ1n) is 5.86. The lowest BCUT2D eigenvalue weighted by atomic mass is 9.99. The minimum atomic E-state index is -0.293. The Hall–Kier alpha value is -0.970. The SMILES string of the molecule is NC1CCCc2sc(-c3cc(Cl)ccc3F)nc21. The van der Waals surface area contributed by atoms with Crippen LogP contribution in [0, 0.1) is 5.82 Å². The molecule has 1 heterocycles. The minimum Gasteiger partial charge on any atom is -0.323 e. The van der Waals surface area contributed by atoms with Gasteiger partial charge < -0.3 is 5.73 Å². The van der Waals surface area contributed by atoms with Gasteiger partial charge in [-0.25, -0.2) is 9.37 Å². The first kappa shape index (κ1) is 12.1. The van der Waals surface area contributed by atoms with Crippen molar-refractivity contribution >= 4 is 22.9 Å². The highest BCUT2D eigenvalue weighted by atomic mass is 35.5. The van der Waals surface area contributed by atoms with Crippen LogP contribution in [0.2, 0.25) is 5.02 Å². The van der Waals surface area contributed by atoms with Crippen LogP contribution >= 0.6 is 22.9 Å². The van der Waals surface area contributed by atoms with Crippen LogP contribution in [0.3, 0.4) is 0 Å². The molecule has 3 rings (SSSR count). The van der Waals surface area contributed by atoms with Gasteiger partial charge in [0, 0.05) is 21.5 Å². The molecule has 5 heteroatoms. The average molecular weight is 283 g/mol. The Kier molecular flexibility index (Phi) is 3.09. The molecule has 1 atom stereocenters. The molecule has 0 amide bonds. The topological polar surface area (TPSA) is 38.9 Å². The van der Waals surface area contributed by atoms with E-state index in [2.05, 4.69) is 4.98 Å². The van der Waals surface area contributed by atoms with Crippen molar-refractivity contribution in [2.24, 2.45) is 5.73 Å². The van der Waals surface area contributed by atoms with E-state index < -0.39 is 0 Å². The summed E-state index contributed by atoms with van der Waals surface area (Å²) < 4.78 is 13.8. The zero-order chi connectivity index (χ0) is 12.7. The normalized spacial score (nSPS) is 18.7. The van der Waals surface area contributed by atoms with E-state index in [-0.39, 0.29) is 11.9 Å². The maximum Gasteiger partial charge on any atom is 0.133 e.